The highest BCUT2D eigenvalue weighted by Gasteiger charge is 2.19. The van der Waals surface area contributed by atoms with Crippen molar-refractivity contribution >= 4 is 5.82 Å². The van der Waals surface area contributed by atoms with Crippen LogP contribution in [0.15, 0.2) is 18.3 Å². The van der Waals surface area contributed by atoms with Crippen molar-refractivity contribution in [2.75, 3.05) is 25.0 Å². The van der Waals surface area contributed by atoms with Gasteiger partial charge in [-0.1, -0.05) is 0 Å². The molecule has 2 atom stereocenters. The highest BCUT2D eigenvalue weighted by molar-refractivity contribution is 5.42. The van der Waals surface area contributed by atoms with Crippen LogP contribution in [0.3, 0.4) is 0 Å². The Kier molecular flexibility index (Phi) is 3.97. The zero-order chi connectivity index (χ0) is 12.3. The van der Waals surface area contributed by atoms with E-state index in [0.717, 1.165) is 25.2 Å². The van der Waals surface area contributed by atoms with Gasteiger partial charge in [-0.05, 0) is 44.5 Å². The van der Waals surface area contributed by atoms with E-state index in [1.165, 1.54) is 5.56 Å². The number of hydrogen-bond donors (Lipinski definition) is 2. The minimum atomic E-state index is -0.212. The van der Waals surface area contributed by atoms with Gasteiger partial charge in [-0.3, -0.25) is 0 Å². The summed E-state index contributed by atoms with van der Waals surface area (Å²) in [7, 11) is 1.95. The molecule has 0 spiro atoms. The van der Waals surface area contributed by atoms with Gasteiger partial charge in [0.05, 0.1) is 6.10 Å². The first-order chi connectivity index (χ1) is 8.20. The molecule has 1 saturated heterocycles. The van der Waals surface area contributed by atoms with E-state index >= 15 is 0 Å². The summed E-state index contributed by atoms with van der Waals surface area (Å²) in [6.45, 7) is 3.82. The minimum Gasteiger partial charge on any atom is -0.391 e. The van der Waals surface area contributed by atoms with Crippen molar-refractivity contribution in [1.82, 2.24) is 10.3 Å². The molecular weight excluding hydrogens is 214 g/mol. The Bertz CT molecular complexity index is 369. The average molecular weight is 235 g/mol. The average Bonchev–Trinajstić information content (AvgIpc) is 2.38. The fourth-order valence-corrected chi connectivity index (χ4v) is 2.21. The third kappa shape index (κ3) is 2.96. The molecule has 0 amide bonds. The van der Waals surface area contributed by atoms with E-state index < -0.39 is 0 Å². The molecule has 94 valence electrons. The standard InChI is InChI=1S/C13H21N3O/c1-10(14-2)11-5-6-15-13(8-11)16-7-3-4-12(17)9-16/h5-6,8,10,12,14,17H,3-4,7,9H2,1-2H3. The van der Waals surface area contributed by atoms with Crippen LogP contribution in [0.5, 0.6) is 0 Å². The fourth-order valence-electron chi connectivity index (χ4n) is 2.21. The number of aromatic nitrogens is 1. The van der Waals surface area contributed by atoms with Crippen LogP contribution in [-0.4, -0.2) is 36.3 Å². The molecule has 0 aromatic carbocycles. The maximum Gasteiger partial charge on any atom is 0.128 e. The molecular formula is C13H21N3O. The van der Waals surface area contributed by atoms with Crippen LogP contribution < -0.4 is 10.2 Å². The van der Waals surface area contributed by atoms with E-state index in [2.05, 4.69) is 28.2 Å². The lowest BCUT2D eigenvalue weighted by Gasteiger charge is -2.31. The van der Waals surface area contributed by atoms with Crippen molar-refractivity contribution in [3.63, 3.8) is 0 Å². The number of rotatable bonds is 3. The minimum absolute atomic E-state index is 0.212. The molecule has 0 saturated carbocycles. The highest BCUT2D eigenvalue weighted by atomic mass is 16.3. The molecule has 2 heterocycles. The van der Waals surface area contributed by atoms with Gasteiger partial charge in [0.2, 0.25) is 0 Å². The Morgan fingerprint density at radius 2 is 2.41 bits per heavy atom. The van der Waals surface area contributed by atoms with Crippen molar-refractivity contribution in [2.45, 2.75) is 31.9 Å². The summed E-state index contributed by atoms with van der Waals surface area (Å²) in [6, 6.07) is 4.47. The summed E-state index contributed by atoms with van der Waals surface area (Å²) in [5.74, 6) is 0.975. The predicted octanol–water partition coefficient (Wildman–Crippen LogP) is 1.32. The lowest BCUT2D eigenvalue weighted by atomic mass is 10.1. The van der Waals surface area contributed by atoms with Crippen molar-refractivity contribution in [1.29, 1.82) is 0 Å². The largest absolute Gasteiger partial charge is 0.391 e. The van der Waals surface area contributed by atoms with Crippen molar-refractivity contribution in [3.05, 3.63) is 23.9 Å². The summed E-state index contributed by atoms with van der Waals surface area (Å²) in [6.07, 6.45) is 3.58. The molecule has 0 bridgehead atoms. The number of β-amino-alcohol motifs (C(OH)–C–C–N with tert-alkyl or cyclic N) is 1. The van der Waals surface area contributed by atoms with Crippen molar-refractivity contribution in [2.24, 2.45) is 0 Å². The summed E-state index contributed by atoms with van der Waals surface area (Å²) in [5.41, 5.74) is 1.23. The molecule has 4 heteroatoms. The molecule has 1 aromatic heterocycles. The fraction of sp³-hybridized carbons (Fsp3) is 0.615. The Balaban J connectivity index is 2.15. The zero-order valence-corrected chi connectivity index (χ0v) is 10.6. The van der Waals surface area contributed by atoms with Crippen LogP contribution in [-0.2, 0) is 0 Å². The quantitative estimate of drug-likeness (QED) is 0.829. The highest BCUT2D eigenvalue weighted by Crippen LogP contribution is 2.21. The van der Waals surface area contributed by atoms with Crippen LogP contribution in [0, 0.1) is 0 Å². The van der Waals surface area contributed by atoms with Crippen LogP contribution in [0.1, 0.15) is 31.4 Å². The monoisotopic (exact) mass is 235 g/mol. The van der Waals surface area contributed by atoms with E-state index in [1.54, 1.807) is 0 Å². The number of anilines is 1. The molecule has 2 rings (SSSR count). The first-order valence-electron chi connectivity index (χ1n) is 6.27. The van der Waals surface area contributed by atoms with Crippen molar-refractivity contribution in [3.8, 4) is 0 Å². The third-order valence-corrected chi connectivity index (χ3v) is 3.42. The lowest BCUT2D eigenvalue weighted by Crippen LogP contribution is -2.38. The van der Waals surface area contributed by atoms with Gasteiger partial charge in [0, 0.05) is 25.3 Å². The van der Waals surface area contributed by atoms with E-state index in [-0.39, 0.29) is 6.10 Å². The maximum absolute atomic E-state index is 9.68. The molecule has 1 aliphatic heterocycles. The second-order valence-corrected chi connectivity index (χ2v) is 4.70. The molecule has 0 radical (unpaired) electrons. The van der Waals surface area contributed by atoms with E-state index in [4.69, 9.17) is 0 Å². The van der Waals surface area contributed by atoms with Gasteiger partial charge in [-0.15, -0.1) is 0 Å². The van der Waals surface area contributed by atoms with Crippen LogP contribution >= 0.6 is 0 Å². The van der Waals surface area contributed by atoms with Gasteiger partial charge in [-0.25, -0.2) is 4.98 Å². The molecule has 1 aromatic rings. The number of hydrogen-bond acceptors (Lipinski definition) is 4. The van der Waals surface area contributed by atoms with Crippen molar-refractivity contribution < 1.29 is 5.11 Å². The SMILES string of the molecule is CNC(C)c1ccnc(N2CCCC(O)C2)c1. The number of piperidine rings is 1. The molecule has 2 unspecified atom stereocenters. The van der Waals surface area contributed by atoms with E-state index in [9.17, 15) is 5.11 Å². The zero-order valence-electron chi connectivity index (χ0n) is 10.6. The van der Waals surface area contributed by atoms with Gasteiger partial charge in [0.15, 0.2) is 0 Å². The number of aliphatic hydroxyl groups excluding tert-OH is 1. The number of nitrogens with zero attached hydrogens (tertiary/aromatic N) is 2. The molecule has 17 heavy (non-hydrogen) atoms. The van der Waals surface area contributed by atoms with Gasteiger partial charge in [-0.2, -0.15) is 0 Å². The smallest absolute Gasteiger partial charge is 0.128 e. The Hall–Kier alpha value is -1.13. The Morgan fingerprint density at radius 3 is 3.12 bits per heavy atom. The molecule has 4 nitrogen and oxygen atoms in total. The first kappa shape index (κ1) is 12.3. The molecule has 2 N–H and O–H groups in total. The number of nitrogens with one attached hydrogen (secondary N) is 1. The maximum atomic E-state index is 9.68. The van der Waals surface area contributed by atoms with E-state index in [1.807, 2.05) is 19.3 Å². The Labute approximate surface area is 103 Å². The van der Waals surface area contributed by atoms with Crippen LogP contribution in [0.4, 0.5) is 5.82 Å². The second kappa shape index (κ2) is 5.47. The Morgan fingerprint density at radius 1 is 1.59 bits per heavy atom. The summed E-state index contributed by atoms with van der Waals surface area (Å²) >= 11 is 0. The molecule has 0 aliphatic carbocycles. The van der Waals surface area contributed by atoms with Gasteiger partial charge >= 0.3 is 0 Å². The molecule has 1 fully saturated rings. The van der Waals surface area contributed by atoms with Gasteiger partial charge in [0.25, 0.3) is 0 Å². The number of aliphatic hydroxyl groups is 1. The topological polar surface area (TPSA) is 48.4 Å². The lowest BCUT2D eigenvalue weighted by molar-refractivity contribution is 0.154. The summed E-state index contributed by atoms with van der Waals surface area (Å²) in [5, 5.41) is 12.9. The number of pyridine rings is 1. The van der Waals surface area contributed by atoms with Gasteiger partial charge < -0.3 is 15.3 Å². The van der Waals surface area contributed by atoms with Crippen LogP contribution in [0.25, 0.3) is 0 Å². The predicted molar refractivity (Wildman–Crippen MR) is 69.2 cm³/mol. The normalized spacial score (nSPS) is 22.5. The second-order valence-electron chi connectivity index (χ2n) is 4.70. The first-order valence-corrected chi connectivity index (χ1v) is 6.27. The summed E-state index contributed by atoms with van der Waals surface area (Å²) < 4.78 is 0. The van der Waals surface area contributed by atoms with Crippen LogP contribution in [0.2, 0.25) is 0 Å². The summed E-state index contributed by atoms with van der Waals surface area (Å²) in [4.78, 5) is 6.57. The molecule has 1 aliphatic rings. The third-order valence-electron chi connectivity index (χ3n) is 3.42. The van der Waals surface area contributed by atoms with Gasteiger partial charge in [0.1, 0.15) is 5.82 Å². The van der Waals surface area contributed by atoms with E-state index in [0.29, 0.717) is 12.6 Å².